The predicted molar refractivity (Wildman–Crippen MR) is 80.5 cm³/mol. The normalized spacial score (nSPS) is 10.6. The van der Waals surface area contributed by atoms with Gasteiger partial charge in [0.1, 0.15) is 6.07 Å². The number of nitrogens with zero attached hydrogens (tertiary/aromatic N) is 3. The molecule has 0 saturated carbocycles. The third-order valence-electron chi connectivity index (χ3n) is 2.88. The van der Waals surface area contributed by atoms with E-state index in [0.29, 0.717) is 17.8 Å². The number of hydrogen-bond acceptors (Lipinski definition) is 4. The zero-order valence-electron chi connectivity index (χ0n) is 12.4. The maximum atomic E-state index is 11.9. The minimum absolute atomic E-state index is 0.0972. The molecule has 0 fully saturated rings. The van der Waals surface area contributed by atoms with Crippen LogP contribution in [-0.4, -0.2) is 56.5 Å². The molecule has 0 spiro atoms. The first-order valence-electron chi connectivity index (χ1n) is 6.65. The minimum Gasteiger partial charge on any atom is -0.324 e. The molecule has 1 amide bonds. The fourth-order valence-electron chi connectivity index (χ4n) is 1.86. The van der Waals surface area contributed by atoms with Gasteiger partial charge < -0.3 is 10.2 Å². The highest BCUT2D eigenvalue weighted by Crippen LogP contribution is 2.13. The third-order valence-corrected chi connectivity index (χ3v) is 2.88. The Kier molecular flexibility index (Phi) is 6.71. The molecule has 0 atom stereocenters. The lowest BCUT2D eigenvalue weighted by molar-refractivity contribution is -0.117. The van der Waals surface area contributed by atoms with E-state index in [-0.39, 0.29) is 5.91 Å². The highest BCUT2D eigenvalue weighted by atomic mass is 16.2. The molecular weight excluding hydrogens is 252 g/mol. The lowest BCUT2D eigenvalue weighted by atomic mass is 10.2. The lowest BCUT2D eigenvalue weighted by Crippen LogP contribution is -2.32. The first kappa shape index (κ1) is 16.2. The van der Waals surface area contributed by atoms with Gasteiger partial charge in [-0.25, -0.2) is 0 Å². The number of nitrogens with one attached hydrogen (secondary N) is 1. The third kappa shape index (κ3) is 5.83. The topological polar surface area (TPSA) is 59.4 Å². The molecule has 5 heteroatoms. The number of hydrogen-bond donors (Lipinski definition) is 1. The fraction of sp³-hybridized carbons (Fsp3) is 0.467. The van der Waals surface area contributed by atoms with Crippen molar-refractivity contribution in [2.75, 3.05) is 46.1 Å². The Bertz CT molecular complexity index is 479. The molecule has 5 nitrogen and oxygen atoms in total. The Morgan fingerprint density at radius 1 is 1.25 bits per heavy atom. The van der Waals surface area contributed by atoms with Gasteiger partial charge in [0, 0.05) is 0 Å². The maximum Gasteiger partial charge on any atom is 0.238 e. The standard InChI is InChI=1S/C15H22N4O/c1-18(2)9-6-10-19(3)12-15(20)17-14-8-5-4-7-13(14)11-16/h4-5,7-8H,6,9-10,12H2,1-3H3,(H,17,20). The van der Waals surface area contributed by atoms with Crippen LogP contribution in [0.1, 0.15) is 12.0 Å². The van der Waals surface area contributed by atoms with Crippen LogP contribution in [0.2, 0.25) is 0 Å². The Morgan fingerprint density at radius 2 is 1.95 bits per heavy atom. The molecule has 0 radical (unpaired) electrons. The van der Waals surface area contributed by atoms with Gasteiger partial charge in [0.25, 0.3) is 0 Å². The number of benzene rings is 1. The summed E-state index contributed by atoms with van der Waals surface area (Å²) in [4.78, 5) is 16.0. The van der Waals surface area contributed by atoms with E-state index in [2.05, 4.69) is 16.3 Å². The van der Waals surface area contributed by atoms with Crippen molar-refractivity contribution in [3.05, 3.63) is 29.8 Å². The Labute approximate surface area is 120 Å². The van der Waals surface area contributed by atoms with Crippen molar-refractivity contribution in [1.82, 2.24) is 9.80 Å². The molecule has 1 aromatic rings. The number of carbonyl (C=O) groups is 1. The van der Waals surface area contributed by atoms with Crippen LogP contribution in [-0.2, 0) is 4.79 Å². The van der Waals surface area contributed by atoms with Gasteiger partial charge in [-0.1, -0.05) is 12.1 Å². The quantitative estimate of drug-likeness (QED) is 0.816. The molecule has 0 aliphatic carbocycles. The highest BCUT2D eigenvalue weighted by molar-refractivity contribution is 5.93. The summed E-state index contributed by atoms with van der Waals surface area (Å²) in [7, 11) is 5.99. The zero-order chi connectivity index (χ0) is 15.0. The van der Waals surface area contributed by atoms with Crippen molar-refractivity contribution in [3.8, 4) is 6.07 Å². The van der Waals surface area contributed by atoms with Gasteiger partial charge in [-0.05, 0) is 52.8 Å². The summed E-state index contributed by atoms with van der Waals surface area (Å²) in [6.45, 7) is 2.20. The van der Waals surface area contributed by atoms with Crippen LogP contribution in [0.4, 0.5) is 5.69 Å². The van der Waals surface area contributed by atoms with Crippen LogP contribution in [0, 0.1) is 11.3 Å². The summed E-state index contributed by atoms with van der Waals surface area (Å²) >= 11 is 0. The first-order valence-corrected chi connectivity index (χ1v) is 6.65. The van der Waals surface area contributed by atoms with Crippen LogP contribution < -0.4 is 5.32 Å². The average Bonchev–Trinajstić information content (AvgIpc) is 2.38. The number of nitriles is 1. The monoisotopic (exact) mass is 274 g/mol. The SMILES string of the molecule is CN(C)CCCN(C)CC(=O)Nc1ccccc1C#N. The molecule has 108 valence electrons. The molecule has 1 N–H and O–H groups in total. The molecule has 0 bridgehead atoms. The number of para-hydroxylation sites is 1. The number of carbonyl (C=O) groups excluding carboxylic acids is 1. The van der Waals surface area contributed by atoms with Crippen LogP contribution in [0.25, 0.3) is 0 Å². The molecule has 0 unspecified atom stereocenters. The molecule has 1 rings (SSSR count). The van der Waals surface area contributed by atoms with Gasteiger partial charge in [0.2, 0.25) is 5.91 Å². The van der Waals surface area contributed by atoms with E-state index >= 15 is 0 Å². The second-order valence-electron chi connectivity index (χ2n) is 5.10. The highest BCUT2D eigenvalue weighted by Gasteiger charge is 2.09. The molecule has 20 heavy (non-hydrogen) atoms. The van der Waals surface area contributed by atoms with Crippen molar-refractivity contribution < 1.29 is 4.79 Å². The summed E-state index contributed by atoms with van der Waals surface area (Å²) in [5, 5.41) is 11.7. The van der Waals surface area contributed by atoms with Gasteiger partial charge in [-0.2, -0.15) is 5.26 Å². The van der Waals surface area contributed by atoms with Gasteiger partial charge in [0.15, 0.2) is 0 Å². The summed E-state index contributed by atoms with van der Waals surface area (Å²) < 4.78 is 0. The second-order valence-corrected chi connectivity index (χ2v) is 5.10. The minimum atomic E-state index is -0.0972. The summed E-state index contributed by atoms with van der Waals surface area (Å²) in [5.41, 5.74) is 1.05. The van der Waals surface area contributed by atoms with E-state index in [1.165, 1.54) is 0 Å². The first-order chi connectivity index (χ1) is 9.52. The van der Waals surface area contributed by atoms with Crippen LogP contribution in [0.15, 0.2) is 24.3 Å². The van der Waals surface area contributed by atoms with Crippen molar-refractivity contribution in [3.63, 3.8) is 0 Å². The van der Waals surface area contributed by atoms with Crippen molar-refractivity contribution in [2.45, 2.75) is 6.42 Å². The van der Waals surface area contributed by atoms with Crippen molar-refractivity contribution in [1.29, 1.82) is 5.26 Å². The largest absolute Gasteiger partial charge is 0.324 e. The van der Waals surface area contributed by atoms with Crippen LogP contribution in [0.3, 0.4) is 0 Å². The second kappa shape index (κ2) is 8.31. The lowest BCUT2D eigenvalue weighted by Gasteiger charge is -2.17. The number of likely N-dealkylation sites (N-methyl/N-ethyl adjacent to an activating group) is 1. The zero-order valence-corrected chi connectivity index (χ0v) is 12.4. The smallest absolute Gasteiger partial charge is 0.238 e. The molecule has 0 aromatic heterocycles. The molecule has 0 saturated heterocycles. The average molecular weight is 274 g/mol. The van der Waals surface area contributed by atoms with Crippen LogP contribution in [0.5, 0.6) is 0 Å². The number of amides is 1. The van der Waals surface area contributed by atoms with Gasteiger partial charge >= 0.3 is 0 Å². The van der Waals surface area contributed by atoms with Crippen LogP contribution >= 0.6 is 0 Å². The fourth-order valence-corrected chi connectivity index (χ4v) is 1.86. The molecule has 0 aliphatic rings. The Hall–Kier alpha value is -1.90. The molecule has 1 aromatic carbocycles. The Balaban J connectivity index is 2.41. The summed E-state index contributed by atoms with van der Waals surface area (Å²) in [6, 6.07) is 9.08. The van der Waals surface area contributed by atoms with E-state index in [1.54, 1.807) is 24.3 Å². The van der Waals surface area contributed by atoms with E-state index < -0.39 is 0 Å². The van der Waals surface area contributed by atoms with Gasteiger partial charge in [-0.3, -0.25) is 9.69 Å². The summed E-state index contributed by atoms with van der Waals surface area (Å²) in [5.74, 6) is -0.0972. The van der Waals surface area contributed by atoms with Crippen molar-refractivity contribution >= 4 is 11.6 Å². The van der Waals surface area contributed by atoms with E-state index in [4.69, 9.17) is 5.26 Å². The molecular formula is C15H22N4O. The molecule has 0 heterocycles. The van der Waals surface area contributed by atoms with Gasteiger partial charge in [0.05, 0.1) is 17.8 Å². The van der Waals surface area contributed by atoms with Crippen molar-refractivity contribution in [2.24, 2.45) is 0 Å². The maximum absolute atomic E-state index is 11.9. The predicted octanol–water partition coefficient (Wildman–Crippen LogP) is 1.38. The number of anilines is 1. The van der Waals surface area contributed by atoms with E-state index in [1.807, 2.05) is 26.0 Å². The molecule has 0 aliphatic heterocycles. The summed E-state index contributed by atoms with van der Waals surface area (Å²) in [6.07, 6.45) is 1.02. The van der Waals surface area contributed by atoms with Gasteiger partial charge in [-0.15, -0.1) is 0 Å². The Morgan fingerprint density at radius 3 is 2.60 bits per heavy atom. The number of rotatable bonds is 7. The van der Waals surface area contributed by atoms with E-state index in [0.717, 1.165) is 19.5 Å². The van der Waals surface area contributed by atoms with E-state index in [9.17, 15) is 4.79 Å².